The summed E-state index contributed by atoms with van der Waals surface area (Å²) in [5.74, 6) is 1.57. The molecule has 0 saturated carbocycles. The predicted octanol–water partition coefficient (Wildman–Crippen LogP) is 1.22. The minimum Gasteiger partial charge on any atom is -1.00 e. The van der Waals surface area contributed by atoms with Gasteiger partial charge in [0.1, 0.15) is 0 Å². The molecule has 0 amide bonds. The molecule has 86 valence electrons. The zero-order valence-corrected chi connectivity index (χ0v) is 13.2. The van der Waals surface area contributed by atoms with E-state index in [9.17, 15) is 0 Å². The predicted molar refractivity (Wildman–Crippen MR) is 67.0 cm³/mol. The van der Waals surface area contributed by atoms with E-state index in [2.05, 4.69) is 48.5 Å². The summed E-state index contributed by atoms with van der Waals surface area (Å²) in [7, 11) is 0. The molecule has 0 N–H and O–H groups in total. The van der Waals surface area contributed by atoms with Crippen LogP contribution in [0.15, 0.2) is 0 Å². The smallest absolute Gasteiger partial charge is 1.00 e. The fourth-order valence-corrected chi connectivity index (χ4v) is 5.23. The van der Waals surface area contributed by atoms with Crippen LogP contribution >= 0.6 is 0 Å². The molecule has 0 bridgehead atoms. The van der Waals surface area contributed by atoms with E-state index < -0.39 is 14.5 Å². The van der Waals surface area contributed by atoms with Crippen molar-refractivity contribution in [1.29, 1.82) is 0 Å². The third-order valence-corrected chi connectivity index (χ3v) is 5.97. The Labute approximate surface area is 115 Å². The molecule has 0 unspecified atom stereocenters. The van der Waals surface area contributed by atoms with Gasteiger partial charge in [-0.25, -0.2) is 0 Å². The number of hydrogen-bond donors (Lipinski definition) is 0. The quantitative estimate of drug-likeness (QED) is 0.636. The molecular weight excluding hydrogens is 194 g/mol. The molecule has 1 nitrogen and oxygen atoms in total. The first-order valence-electron chi connectivity index (χ1n) is 5.88. The summed E-state index contributed by atoms with van der Waals surface area (Å²) in [5, 5.41) is 2.63. The van der Waals surface area contributed by atoms with Gasteiger partial charge in [0.2, 0.25) is 0 Å². The zero-order chi connectivity index (χ0) is 11.4. The third kappa shape index (κ3) is 13.0. The van der Waals surface area contributed by atoms with Gasteiger partial charge in [0.05, 0.1) is 0 Å². The van der Waals surface area contributed by atoms with Gasteiger partial charge < -0.3 is 5.22 Å². The average Bonchev–Trinajstić information content (AvgIpc) is 1.77. The largest absolute Gasteiger partial charge is 1.00 e. The van der Waals surface area contributed by atoms with E-state index in [1.807, 2.05) is 0 Å². The van der Waals surface area contributed by atoms with Crippen molar-refractivity contribution in [3.05, 3.63) is 0 Å². The Kier molecular flexibility index (Phi) is 10.1. The van der Waals surface area contributed by atoms with Gasteiger partial charge in [0.15, 0.2) is 0 Å². The van der Waals surface area contributed by atoms with Crippen molar-refractivity contribution in [1.82, 2.24) is 0 Å². The summed E-state index contributed by atoms with van der Waals surface area (Å²) in [5.41, 5.74) is 0.0562. The van der Waals surface area contributed by atoms with Crippen molar-refractivity contribution in [2.45, 2.75) is 64.6 Å². The molecule has 0 aromatic rings. The van der Waals surface area contributed by atoms with Gasteiger partial charge in [-0.05, 0) is 20.8 Å². The standard InChI is InChI=1S/C4H9O.2C4H9.Al.Li.H/c1-4(2,3)5;2*1-4(2)3;;;/h1-3H3;2*4H,1H2,2-3H3;;;/q-1;;;2*+1;-1. The Hall–Kier alpha value is 1.09. The molecular formula is C12H28AlLiO. The Morgan fingerprint density at radius 2 is 1.33 bits per heavy atom. The summed E-state index contributed by atoms with van der Waals surface area (Å²) in [6.07, 6.45) is 0. The number of rotatable bonds is 5. The first-order valence-corrected chi connectivity index (χ1v) is 7.99. The zero-order valence-electron chi connectivity index (χ0n) is 13.1. The molecule has 0 aromatic carbocycles. The molecule has 0 saturated heterocycles. The van der Waals surface area contributed by atoms with Crippen LogP contribution < -0.4 is 18.9 Å². The van der Waals surface area contributed by atoms with E-state index in [1.54, 1.807) is 0 Å². The van der Waals surface area contributed by atoms with E-state index in [0.29, 0.717) is 0 Å². The van der Waals surface area contributed by atoms with E-state index in [1.165, 1.54) is 10.6 Å². The maximum absolute atomic E-state index is 6.20. The minimum absolute atomic E-state index is 0. The van der Waals surface area contributed by atoms with Crippen molar-refractivity contribution in [3.63, 3.8) is 0 Å². The van der Waals surface area contributed by atoms with Crippen LogP contribution in [0.4, 0.5) is 0 Å². The van der Waals surface area contributed by atoms with E-state index in [0.717, 1.165) is 11.8 Å². The summed E-state index contributed by atoms with van der Waals surface area (Å²) in [6.45, 7) is 15.7. The third-order valence-electron chi connectivity index (χ3n) is 1.99. The normalized spacial score (nSPS) is 11.8. The van der Waals surface area contributed by atoms with Crippen molar-refractivity contribution in [2.24, 2.45) is 11.8 Å². The Morgan fingerprint density at radius 3 is 1.53 bits per heavy atom. The fraction of sp³-hybridized carbons (Fsp3) is 1.00. The van der Waals surface area contributed by atoms with Gasteiger partial charge in [-0.3, -0.25) is 0 Å². The molecule has 0 spiro atoms. The molecule has 0 radical (unpaired) electrons. The second-order valence-electron chi connectivity index (χ2n) is 6.11. The Bertz CT molecular complexity index is 148. The second kappa shape index (κ2) is 8.22. The van der Waals surface area contributed by atoms with Gasteiger partial charge >= 0.3 is 33.3 Å². The number of hydrogen-bond acceptors (Lipinski definition) is 1. The van der Waals surface area contributed by atoms with Crippen LogP contribution in [0.25, 0.3) is 0 Å². The average molecular weight is 222 g/mol. The van der Waals surface area contributed by atoms with Gasteiger partial charge in [-0.1, -0.05) is 50.1 Å². The molecule has 0 aromatic heterocycles. The summed E-state index contributed by atoms with van der Waals surface area (Å²) < 4.78 is 6.20. The van der Waals surface area contributed by atoms with Gasteiger partial charge in [0, 0.05) is 5.60 Å². The van der Waals surface area contributed by atoms with E-state index >= 15 is 0 Å². The second-order valence-corrected chi connectivity index (χ2v) is 8.53. The summed E-state index contributed by atoms with van der Waals surface area (Å²) in [4.78, 5) is 0. The van der Waals surface area contributed by atoms with Crippen molar-refractivity contribution < 1.29 is 24.1 Å². The Balaban J connectivity index is -0.000000845. The van der Waals surface area contributed by atoms with Crippen LogP contribution in [0, 0.1) is 11.8 Å². The van der Waals surface area contributed by atoms with Crippen LogP contribution in [-0.2, 0) is 3.79 Å². The summed E-state index contributed by atoms with van der Waals surface area (Å²) in [6, 6.07) is 0. The first-order chi connectivity index (χ1) is 6.20. The van der Waals surface area contributed by atoms with Crippen LogP contribution in [-0.4, -0.2) is 20.1 Å². The van der Waals surface area contributed by atoms with Crippen LogP contribution in [0.2, 0.25) is 10.6 Å². The SMILES string of the molecule is CC(C)[CH2][Al]([CH2]C(C)C)[O]C(C)(C)C.[H-].[Li+]. The molecule has 0 aliphatic carbocycles. The molecule has 0 aliphatic heterocycles. The van der Waals surface area contributed by atoms with Crippen LogP contribution in [0.5, 0.6) is 0 Å². The Morgan fingerprint density at radius 1 is 1.00 bits per heavy atom. The summed E-state index contributed by atoms with van der Waals surface area (Å²) >= 11 is -0.975. The van der Waals surface area contributed by atoms with Gasteiger partial charge in [-0.15, -0.1) is 0 Å². The molecule has 0 aliphatic rings. The van der Waals surface area contributed by atoms with Gasteiger partial charge in [-0.2, -0.15) is 0 Å². The molecule has 0 rings (SSSR count). The molecule has 0 atom stereocenters. The molecule has 0 heterocycles. The van der Waals surface area contributed by atoms with Crippen molar-refractivity contribution >= 4 is 14.5 Å². The van der Waals surface area contributed by atoms with Crippen LogP contribution in [0.3, 0.4) is 0 Å². The monoisotopic (exact) mass is 222 g/mol. The molecule has 15 heavy (non-hydrogen) atoms. The molecule has 3 heteroatoms. The van der Waals surface area contributed by atoms with Crippen molar-refractivity contribution in [2.75, 3.05) is 0 Å². The first kappa shape index (κ1) is 18.5. The fourth-order valence-electron chi connectivity index (χ4n) is 1.74. The maximum Gasteiger partial charge on any atom is 1.00 e. The minimum atomic E-state index is -0.975. The van der Waals surface area contributed by atoms with E-state index in [-0.39, 0.29) is 25.9 Å². The topological polar surface area (TPSA) is 9.23 Å². The van der Waals surface area contributed by atoms with Gasteiger partial charge in [0.25, 0.3) is 0 Å². The maximum atomic E-state index is 6.20. The molecule has 0 fully saturated rings. The van der Waals surface area contributed by atoms with E-state index in [4.69, 9.17) is 3.79 Å². The van der Waals surface area contributed by atoms with Crippen molar-refractivity contribution in [3.8, 4) is 0 Å². The van der Waals surface area contributed by atoms with Crippen LogP contribution in [0.1, 0.15) is 49.9 Å².